The fourth-order valence-electron chi connectivity index (χ4n) is 3.71. The van der Waals surface area contributed by atoms with E-state index in [2.05, 4.69) is 5.32 Å². The Morgan fingerprint density at radius 1 is 0.914 bits per heavy atom. The zero-order valence-electron chi connectivity index (χ0n) is 20.2. The second-order valence-corrected chi connectivity index (χ2v) is 8.42. The Balaban J connectivity index is 1.93. The predicted molar refractivity (Wildman–Crippen MR) is 133 cm³/mol. The van der Waals surface area contributed by atoms with Crippen molar-refractivity contribution in [3.8, 4) is 11.5 Å². The van der Waals surface area contributed by atoms with Crippen molar-refractivity contribution in [2.24, 2.45) is 0 Å². The number of para-hydroxylation sites is 2. The van der Waals surface area contributed by atoms with Gasteiger partial charge in [-0.25, -0.2) is 4.39 Å². The van der Waals surface area contributed by atoms with Crippen LogP contribution in [0.1, 0.15) is 25.0 Å². The largest absolute Gasteiger partial charge is 0.493 e. The zero-order valence-corrected chi connectivity index (χ0v) is 20.2. The molecule has 3 aromatic rings. The summed E-state index contributed by atoms with van der Waals surface area (Å²) in [4.78, 5) is 28.2. The molecule has 3 rings (SSSR count). The van der Waals surface area contributed by atoms with Crippen molar-refractivity contribution < 1.29 is 23.5 Å². The van der Waals surface area contributed by atoms with Crippen LogP contribution in [0.3, 0.4) is 0 Å². The van der Waals surface area contributed by atoms with Crippen LogP contribution in [0.25, 0.3) is 0 Å². The van der Waals surface area contributed by atoms with Gasteiger partial charge in [-0.2, -0.15) is 0 Å². The molecule has 2 amide bonds. The third kappa shape index (κ3) is 7.30. The first-order valence-corrected chi connectivity index (χ1v) is 11.5. The molecule has 0 saturated carbocycles. The molecule has 1 atom stereocenters. The molecule has 0 aliphatic heterocycles. The van der Waals surface area contributed by atoms with E-state index in [9.17, 15) is 14.0 Å². The van der Waals surface area contributed by atoms with Gasteiger partial charge in [0.05, 0.1) is 7.11 Å². The summed E-state index contributed by atoms with van der Waals surface area (Å²) >= 11 is 0. The molecule has 0 unspecified atom stereocenters. The summed E-state index contributed by atoms with van der Waals surface area (Å²) in [5.41, 5.74) is 1.20. The van der Waals surface area contributed by atoms with E-state index in [0.29, 0.717) is 17.1 Å². The molecule has 1 N–H and O–H groups in total. The van der Waals surface area contributed by atoms with Gasteiger partial charge in [-0.1, -0.05) is 60.7 Å². The quantitative estimate of drug-likeness (QED) is 0.444. The molecule has 0 aliphatic rings. The average molecular weight is 479 g/mol. The molecular weight excluding hydrogens is 447 g/mol. The van der Waals surface area contributed by atoms with E-state index in [0.717, 1.165) is 5.56 Å². The number of rotatable bonds is 11. The maximum absolute atomic E-state index is 14.6. The summed E-state index contributed by atoms with van der Waals surface area (Å²) in [7, 11) is 1.51. The molecule has 0 heterocycles. The molecule has 0 bridgehead atoms. The lowest BCUT2D eigenvalue weighted by Gasteiger charge is -2.32. The van der Waals surface area contributed by atoms with Crippen LogP contribution in [-0.2, 0) is 22.6 Å². The molecule has 0 spiro atoms. The first-order valence-electron chi connectivity index (χ1n) is 11.5. The Morgan fingerprint density at radius 3 is 2.20 bits per heavy atom. The molecule has 3 aromatic carbocycles. The van der Waals surface area contributed by atoms with E-state index >= 15 is 0 Å². The Labute approximate surface area is 205 Å². The number of carbonyl (C=O) groups is 2. The Bertz CT molecular complexity index is 1120. The van der Waals surface area contributed by atoms with Gasteiger partial charge in [0.15, 0.2) is 18.1 Å². The van der Waals surface area contributed by atoms with Crippen molar-refractivity contribution in [3.63, 3.8) is 0 Å². The summed E-state index contributed by atoms with van der Waals surface area (Å²) in [6.07, 6.45) is 0.272. The molecular formula is C28H31FN2O4. The Kier molecular flexibility index (Phi) is 9.23. The standard InChI is InChI=1S/C28H31FN2O4/c1-20(2)30-28(33)24(17-21-11-5-4-6-12-21)31(18-22-13-7-8-14-23(22)29)27(32)19-35-26-16-10-9-15-25(26)34-3/h4-16,20,24H,17-19H2,1-3H3,(H,30,33)/t24-/m1/s1. The fraction of sp³-hybridized carbons (Fsp3) is 0.286. The molecule has 0 saturated heterocycles. The highest BCUT2D eigenvalue weighted by molar-refractivity contribution is 5.88. The van der Waals surface area contributed by atoms with Gasteiger partial charge >= 0.3 is 0 Å². The molecule has 35 heavy (non-hydrogen) atoms. The Hall–Kier alpha value is -3.87. The summed E-state index contributed by atoms with van der Waals surface area (Å²) in [6.45, 7) is 3.29. The highest BCUT2D eigenvalue weighted by atomic mass is 19.1. The van der Waals surface area contributed by atoms with Crippen LogP contribution in [0.15, 0.2) is 78.9 Å². The summed E-state index contributed by atoms with van der Waals surface area (Å²) < 4.78 is 25.6. The fourth-order valence-corrected chi connectivity index (χ4v) is 3.71. The van der Waals surface area contributed by atoms with Crippen molar-refractivity contribution in [2.45, 2.75) is 38.9 Å². The van der Waals surface area contributed by atoms with Crippen molar-refractivity contribution in [3.05, 3.63) is 95.8 Å². The highest BCUT2D eigenvalue weighted by Gasteiger charge is 2.31. The molecule has 184 valence electrons. The third-order valence-corrected chi connectivity index (χ3v) is 5.42. The van der Waals surface area contributed by atoms with Gasteiger partial charge in [0.25, 0.3) is 5.91 Å². The molecule has 0 aliphatic carbocycles. The van der Waals surface area contributed by atoms with Crippen molar-refractivity contribution >= 4 is 11.8 Å². The van der Waals surface area contributed by atoms with Crippen LogP contribution in [0.5, 0.6) is 11.5 Å². The van der Waals surface area contributed by atoms with Crippen LogP contribution in [0.4, 0.5) is 4.39 Å². The first kappa shape index (κ1) is 25.7. The van der Waals surface area contributed by atoms with Gasteiger partial charge < -0.3 is 19.7 Å². The molecule has 0 aromatic heterocycles. The van der Waals surface area contributed by atoms with Crippen LogP contribution in [0, 0.1) is 5.82 Å². The molecule has 6 nitrogen and oxygen atoms in total. The SMILES string of the molecule is COc1ccccc1OCC(=O)N(Cc1ccccc1F)[C@H](Cc1ccccc1)C(=O)NC(C)C. The molecule has 0 fully saturated rings. The number of ether oxygens (including phenoxy) is 2. The summed E-state index contributed by atoms with van der Waals surface area (Å²) in [5, 5.41) is 2.90. The van der Waals surface area contributed by atoms with Crippen LogP contribution >= 0.6 is 0 Å². The lowest BCUT2D eigenvalue weighted by Crippen LogP contribution is -2.53. The third-order valence-electron chi connectivity index (χ3n) is 5.42. The molecule has 0 radical (unpaired) electrons. The normalized spacial score (nSPS) is 11.6. The average Bonchev–Trinajstić information content (AvgIpc) is 2.86. The van der Waals surface area contributed by atoms with Gasteiger partial charge in [-0.15, -0.1) is 0 Å². The number of nitrogens with one attached hydrogen (secondary N) is 1. The molecule has 7 heteroatoms. The minimum atomic E-state index is -0.867. The number of hydrogen-bond acceptors (Lipinski definition) is 4. The van der Waals surface area contributed by atoms with E-state index in [1.54, 1.807) is 42.5 Å². The van der Waals surface area contributed by atoms with Gasteiger partial charge in [0, 0.05) is 24.6 Å². The van der Waals surface area contributed by atoms with Crippen LogP contribution in [-0.4, -0.2) is 42.5 Å². The first-order chi connectivity index (χ1) is 16.9. The lowest BCUT2D eigenvalue weighted by atomic mass is 10.0. The van der Waals surface area contributed by atoms with Gasteiger partial charge in [0.2, 0.25) is 5.91 Å². The number of carbonyl (C=O) groups excluding carboxylic acids is 2. The van der Waals surface area contributed by atoms with Gasteiger partial charge in [-0.05, 0) is 37.6 Å². The topological polar surface area (TPSA) is 67.9 Å². The summed E-state index contributed by atoms with van der Waals surface area (Å²) in [5.74, 6) is -0.316. The van der Waals surface area contributed by atoms with E-state index in [1.807, 2.05) is 44.2 Å². The van der Waals surface area contributed by atoms with E-state index in [4.69, 9.17) is 9.47 Å². The number of amides is 2. The number of nitrogens with zero attached hydrogens (tertiary/aromatic N) is 1. The second-order valence-electron chi connectivity index (χ2n) is 8.42. The minimum absolute atomic E-state index is 0.0796. The number of halogens is 1. The smallest absolute Gasteiger partial charge is 0.261 e. The minimum Gasteiger partial charge on any atom is -0.493 e. The van der Waals surface area contributed by atoms with Crippen LogP contribution in [0.2, 0.25) is 0 Å². The van der Waals surface area contributed by atoms with Crippen LogP contribution < -0.4 is 14.8 Å². The Morgan fingerprint density at radius 2 is 1.54 bits per heavy atom. The summed E-state index contributed by atoms with van der Waals surface area (Å²) in [6, 6.07) is 21.7. The van der Waals surface area contributed by atoms with Crippen molar-refractivity contribution in [1.29, 1.82) is 0 Å². The van der Waals surface area contributed by atoms with Crippen molar-refractivity contribution in [2.75, 3.05) is 13.7 Å². The van der Waals surface area contributed by atoms with Gasteiger partial charge in [0.1, 0.15) is 11.9 Å². The number of benzene rings is 3. The lowest BCUT2D eigenvalue weighted by molar-refractivity contribution is -0.143. The monoisotopic (exact) mass is 478 g/mol. The zero-order chi connectivity index (χ0) is 25.2. The maximum atomic E-state index is 14.6. The second kappa shape index (κ2) is 12.6. The van der Waals surface area contributed by atoms with Crippen molar-refractivity contribution in [1.82, 2.24) is 10.2 Å². The van der Waals surface area contributed by atoms with Gasteiger partial charge in [-0.3, -0.25) is 9.59 Å². The highest BCUT2D eigenvalue weighted by Crippen LogP contribution is 2.26. The number of methoxy groups -OCH3 is 1. The van der Waals surface area contributed by atoms with E-state index in [-0.39, 0.29) is 31.5 Å². The number of hydrogen-bond donors (Lipinski definition) is 1. The maximum Gasteiger partial charge on any atom is 0.261 e. The predicted octanol–water partition coefficient (Wildman–Crippen LogP) is 4.38. The van der Waals surface area contributed by atoms with E-state index < -0.39 is 17.8 Å². The van der Waals surface area contributed by atoms with E-state index in [1.165, 1.54) is 18.1 Å².